The fourth-order valence-corrected chi connectivity index (χ4v) is 10.6. The van der Waals surface area contributed by atoms with Gasteiger partial charge in [-0.1, -0.05) is 125 Å². The number of carbonyl (C=O) groups is 4. The van der Waals surface area contributed by atoms with Gasteiger partial charge in [0, 0.05) is 43.3 Å². The van der Waals surface area contributed by atoms with Gasteiger partial charge in [0.25, 0.3) is 0 Å². The Labute approximate surface area is 506 Å². The van der Waals surface area contributed by atoms with Gasteiger partial charge in [-0.2, -0.15) is 13.2 Å². The predicted molar refractivity (Wildman–Crippen MR) is 327 cm³/mol. The average molecular weight is 1190 g/mol. The summed E-state index contributed by atoms with van der Waals surface area (Å²) in [4.78, 5) is 48.5. The Kier molecular flexibility index (Phi) is 21.4. The molecule has 0 saturated carbocycles. The Balaban J connectivity index is 0.000000249. The molecule has 8 aromatic carbocycles. The van der Waals surface area contributed by atoms with E-state index in [1.54, 1.807) is 67.8 Å². The number of halogens is 3. The molecule has 0 fully saturated rings. The molecule has 0 aliphatic rings. The number of hydrogen-bond acceptors (Lipinski definition) is 12. The normalized spacial score (nSPS) is 13.4. The van der Waals surface area contributed by atoms with Gasteiger partial charge in [-0.3, -0.25) is 9.59 Å². The molecule has 0 saturated heterocycles. The molecular weight excluding hydrogens is 1110 g/mol. The van der Waals surface area contributed by atoms with Gasteiger partial charge >= 0.3 is 30.1 Å². The lowest BCUT2D eigenvalue weighted by Crippen LogP contribution is -2.40. The first-order valence-corrected chi connectivity index (χ1v) is 28.4. The van der Waals surface area contributed by atoms with Crippen molar-refractivity contribution in [2.75, 3.05) is 27.4 Å². The summed E-state index contributed by atoms with van der Waals surface area (Å²) in [5.41, 5.74) is 3.20. The lowest BCUT2D eigenvalue weighted by atomic mass is 9.73. The van der Waals surface area contributed by atoms with Crippen molar-refractivity contribution in [2.24, 2.45) is 0 Å². The number of alkyl halides is 3. The average Bonchev–Trinajstić information content (AvgIpc) is 1.93. The monoisotopic (exact) mass is 1190 g/mol. The molecule has 0 aliphatic heterocycles. The first-order valence-electron chi connectivity index (χ1n) is 28.4. The maximum absolute atomic E-state index is 14.4. The number of ether oxygens (including phenoxy) is 6. The largest absolute Gasteiger partial charge is 0.497 e. The van der Waals surface area contributed by atoms with Gasteiger partial charge in [-0.15, -0.1) is 0 Å². The summed E-state index contributed by atoms with van der Waals surface area (Å²) in [6.45, 7) is 12.3. The molecule has 0 aromatic heterocycles. The van der Waals surface area contributed by atoms with E-state index in [0.717, 1.165) is 46.1 Å². The highest BCUT2D eigenvalue weighted by molar-refractivity contribution is 5.91. The van der Waals surface area contributed by atoms with Crippen LogP contribution < -0.4 is 28.4 Å². The SMILES string of the molecule is COc1ccc(C(C)(C)c2ccc(C(=O)Oc3ccc(C(C)(CCCO)c4ccc(OC(C)=O)cc4)cc3)cc2)cc1.COc1ccc(C(C)(c2ccc(C(=O)Oc3ccc(C(C)(CCCO)c4ccc(OC(C)=O)cc4)cc3)cc2)C(F)(F)F)cc1. The molecule has 8 aromatic rings. The molecule has 2 N–H and O–H groups in total. The number of methoxy groups -OCH3 is 2. The third-order valence-electron chi connectivity index (χ3n) is 16.2. The summed E-state index contributed by atoms with van der Waals surface area (Å²) in [5.74, 6) is 0.943. The van der Waals surface area contributed by atoms with E-state index in [4.69, 9.17) is 28.4 Å². The van der Waals surface area contributed by atoms with Crippen molar-refractivity contribution in [3.63, 3.8) is 0 Å². The molecule has 0 bridgehead atoms. The number of benzene rings is 8. The minimum atomic E-state index is -4.61. The summed E-state index contributed by atoms with van der Waals surface area (Å²) >= 11 is 0. The molecule has 87 heavy (non-hydrogen) atoms. The van der Waals surface area contributed by atoms with Crippen LogP contribution >= 0.6 is 0 Å². The highest BCUT2D eigenvalue weighted by Crippen LogP contribution is 2.47. The molecule has 15 heteroatoms. The molecular formula is C72H73F3O12. The maximum atomic E-state index is 14.4. The van der Waals surface area contributed by atoms with Gasteiger partial charge < -0.3 is 38.6 Å². The van der Waals surface area contributed by atoms with Gasteiger partial charge in [-0.25, -0.2) is 9.59 Å². The van der Waals surface area contributed by atoms with Gasteiger partial charge in [0.15, 0.2) is 0 Å². The first-order chi connectivity index (χ1) is 41.4. The second-order valence-corrected chi connectivity index (χ2v) is 22.2. The van der Waals surface area contributed by atoms with Crippen molar-refractivity contribution in [2.45, 2.75) is 102 Å². The molecule has 0 heterocycles. The molecule has 3 unspecified atom stereocenters. The van der Waals surface area contributed by atoms with Crippen molar-refractivity contribution < 1.29 is 71.0 Å². The zero-order valence-electron chi connectivity index (χ0n) is 50.3. The number of carbonyl (C=O) groups excluding carboxylic acids is 4. The number of aliphatic hydroxyl groups is 2. The van der Waals surface area contributed by atoms with Crippen LogP contribution in [0.15, 0.2) is 194 Å². The molecule has 12 nitrogen and oxygen atoms in total. The van der Waals surface area contributed by atoms with Crippen LogP contribution in [0.5, 0.6) is 34.5 Å². The van der Waals surface area contributed by atoms with Gasteiger partial charge in [0.2, 0.25) is 0 Å². The smallest absolute Gasteiger partial charge is 0.402 e. The fourth-order valence-electron chi connectivity index (χ4n) is 10.6. The molecule has 454 valence electrons. The number of rotatable bonds is 22. The third-order valence-corrected chi connectivity index (χ3v) is 16.2. The van der Waals surface area contributed by atoms with Crippen LogP contribution in [-0.4, -0.2) is 67.7 Å². The van der Waals surface area contributed by atoms with Gasteiger partial charge in [0.1, 0.15) is 39.9 Å². The van der Waals surface area contributed by atoms with Crippen LogP contribution in [0.4, 0.5) is 13.2 Å². The minimum absolute atomic E-state index is 0.0117. The summed E-state index contributed by atoms with van der Waals surface area (Å²) in [5, 5.41) is 19.1. The molecule has 0 spiro atoms. The quantitative estimate of drug-likeness (QED) is 0.0488. The van der Waals surface area contributed by atoms with Crippen molar-refractivity contribution in [3.8, 4) is 34.5 Å². The van der Waals surface area contributed by atoms with E-state index in [-0.39, 0.29) is 47.0 Å². The Bertz CT molecular complexity index is 3570. The van der Waals surface area contributed by atoms with Crippen LogP contribution in [0.1, 0.15) is 139 Å². The Morgan fingerprint density at radius 3 is 0.862 bits per heavy atom. The zero-order chi connectivity index (χ0) is 63.2. The van der Waals surface area contributed by atoms with Crippen LogP contribution in [0, 0.1) is 0 Å². The van der Waals surface area contributed by atoms with Crippen molar-refractivity contribution in [1.29, 1.82) is 0 Å². The van der Waals surface area contributed by atoms with Crippen LogP contribution in [0.2, 0.25) is 0 Å². The summed E-state index contributed by atoms with van der Waals surface area (Å²) in [6.07, 6.45) is -2.13. The third kappa shape index (κ3) is 15.7. The van der Waals surface area contributed by atoms with Crippen molar-refractivity contribution >= 4 is 23.9 Å². The van der Waals surface area contributed by atoms with Crippen molar-refractivity contribution in [3.05, 3.63) is 250 Å². The lowest BCUT2D eigenvalue weighted by molar-refractivity contribution is -0.173. The molecule has 0 amide bonds. The molecule has 3 atom stereocenters. The summed E-state index contributed by atoms with van der Waals surface area (Å²) in [6, 6.07) is 55.4. The first kappa shape index (κ1) is 65.5. The second kappa shape index (κ2) is 28.4. The second-order valence-electron chi connectivity index (χ2n) is 22.2. The fraction of sp³-hybridized carbons (Fsp3) is 0.278. The van der Waals surface area contributed by atoms with E-state index in [1.807, 2.05) is 79.7 Å². The predicted octanol–water partition coefficient (Wildman–Crippen LogP) is 15.0. The number of aliphatic hydroxyl groups excluding tert-OH is 2. The standard InChI is InChI=1S/C36H35F3O6.C36H38O6/c1-24(41)44-31-18-10-26(11-19-31)34(2,22-5-23-40)27-12-20-32(21-13-27)45-33(42)25-6-8-28(9-7-25)35(3,36(37,38)39)29-14-16-30(43-4)17-15-29;1-25(38)41-32-19-13-29(14-20-32)36(4,23-6-24-37)30-15-21-33(22-16-30)42-34(39)26-7-9-27(10-8-26)35(2,3)28-11-17-31(40-5)18-12-28/h6-21,40H,5,22-23H2,1-4H3;7-22,37H,6,23-24H2,1-5H3. The topological polar surface area (TPSA) is 164 Å². The van der Waals surface area contributed by atoms with Crippen LogP contribution in [0.3, 0.4) is 0 Å². The Hall–Kier alpha value is -9.05. The van der Waals surface area contributed by atoms with Gasteiger partial charge in [-0.05, 0) is 174 Å². The Morgan fingerprint density at radius 2 is 0.598 bits per heavy atom. The lowest BCUT2D eigenvalue weighted by Gasteiger charge is -2.33. The maximum Gasteiger partial charge on any atom is 0.402 e. The van der Waals surface area contributed by atoms with E-state index < -0.39 is 40.3 Å². The molecule has 0 aliphatic carbocycles. The summed E-state index contributed by atoms with van der Waals surface area (Å²) in [7, 11) is 3.09. The highest BCUT2D eigenvalue weighted by atomic mass is 19.4. The van der Waals surface area contributed by atoms with Gasteiger partial charge in [0.05, 0.1) is 25.3 Å². The Morgan fingerprint density at radius 1 is 0.356 bits per heavy atom. The number of hydrogen-bond donors (Lipinski definition) is 2. The van der Waals surface area contributed by atoms with E-state index >= 15 is 0 Å². The van der Waals surface area contributed by atoms with Crippen molar-refractivity contribution in [1.82, 2.24) is 0 Å². The molecule has 0 radical (unpaired) electrons. The summed E-state index contributed by atoms with van der Waals surface area (Å²) < 4.78 is 75.2. The van der Waals surface area contributed by atoms with E-state index in [1.165, 1.54) is 69.5 Å². The van der Waals surface area contributed by atoms with Crippen LogP contribution in [0.25, 0.3) is 0 Å². The van der Waals surface area contributed by atoms with E-state index in [9.17, 15) is 42.6 Å². The van der Waals surface area contributed by atoms with Crippen LogP contribution in [-0.2, 0) is 31.2 Å². The number of esters is 4. The zero-order valence-corrected chi connectivity index (χ0v) is 50.3. The van der Waals surface area contributed by atoms with E-state index in [2.05, 4.69) is 32.9 Å². The highest BCUT2D eigenvalue weighted by Gasteiger charge is 2.53. The molecule has 8 rings (SSSR count). The minimum Gasteiger partial charge on any atom is -0.497 e. The van der Waals surface area contributed by atoms with E-state index in [0.29, 0.717) is 54.2 Å².